The molecule has 4 aliphatic carbocycles. The van der Waals surface area contributed by atoms with Crippen molar-refractivity contribution >= 4 is 60.2 Å². The van der Waals surface area contributed by atoms with Gasteiger partial charge in [0.2, 0.25) is 0 Å². The zero-order valence-electron chi connectivity index (χ0n) is 40.7. The monoisotopic (exact) mass is 935 g/mol. The van der Waals surface area contributed by atoms with Crippen LogP contribution in [0.5, 0.6) is 0 Å². The minimum atomic E-state index is -0.487. The molecule has 0 N–H and O–H groups in total. The van der Waals surface area contributed by atoms with E-state index < -0.39 is 10.8 Å². The minimum Gasteiger partial charge on any atom is -0.310 e. The molecule has 13 aromatic carbocycles. The topological polar surface area (TPSA) is 3.24 Å². The quantitative estimate of drug-likeness (QED) is 0.171. The van der Waals surface area contributed by atoms with Gasteiger partial charge in [0, 0.05) is 17.1 Å². The number of hydrogen-bond acceptors (Lipinski definition) is 1. The average molecular weight is 936 g/mol. The van der Waals surface area contributed by atoms with Crippen LogP contribution in [-0.2, 0) is 10.8 Å². The van der Waals surface area contributed by atoms with Gasteiger partial charge in [-0.15, -0.1) is 0 Å². The predicted molar refractivity (Wildman–Crippen MR) is 308 cm³/mol. The SMILES string of the molecule is Cc1ccc(N(c2ccc3cc4c(cc3c2)C2(c3ccccc3-c3ccccc32)c2c-4ccc3ccccc23)c2ccc3c4c(ccc3c2)-c2ccc3ccccc3c2C42c3ccccc3-c3ccccc32)cc1. The molecule has 0 aliphatic heterocycles. The number of hydrogen-bond donors (Lipinski definition) is 0. The van der Waals surface area contributed by atoms with Crippen molar-refractivity contribution in [1.29, 1.82) is 0 Å². The summed E-state index contributed by atoms with van der Waals surface area (Å²) in [6.07, 6.45) is 0. The third kappa shape index (κ3) is 4.95. The van der Waals surface area contributed by atoms with Gasteiger partial charge in [-0.2, -0.15) is 0 Å². The molecule has 0 atom stereocenters. The number of nitrogens with zero attached hydrogens (tertiary/aromatic N) is 1. The van der Waals surface area contributed by atoms with Gasteiger partial charge in [0.25, 0.3) is 0 Å². The zero-order chi connectivity index (χ0) is 48.4. The molecule has 0 saturated heterocycles. The molecule has 0 radical (unpaired) electrons. The van der Waals surface area contributed by atoms with Crippen molar-refractivity contribution in [2.75, 3.05) is 4.90 Å². The lowest BCUT2D eigenvalue weighted by atomic mass is 9.68. The first-order valence-electron chi connectivity index (χ1n) is 26.1. The molecule has 0 aromatic heterocycles. The fourth-order valence-electron chi connectivity index (χ4n) is 14.8. The highest BCUT2D eigenvalue weighted by atomic mass is 15.1. The summed E-state index contributed by atoms with van der Waals surface area (Å²) in [6, 6.07) is 97.2. The molecular weight excluding hydrogens is 891 g/mol. The van der Waals surface area contributed by atoms with Gasteiger partial charge in [0.15, 0.2) is 0 Å². The van der Waals surface area contributed by atoms with E-state index in [0.29, 0.717) is 0 Å². The van der Waals surface area contributed by atoms with Crippen molar-refractivity contribution in [1.82, 2.24) is 0 Å². The number of benzene rings is 13. The second kappa shape index (κ2) is 14.4. The maximum Gasteiger partial charge on any atom is 0.0737 e. The first kappa shape index (κ1) is 40.3. The summed E-state index contributed by atoms with van der Waals surface area (Å²) in [4.78, 5) is 2.47. The van der Waals surface area contributed by atoms with Gasteiger partial charge in [0.05, 0.1) is 10.8 Å². The summed E-state index contributed by atoms with van der Waals surface area (Å²) in [5.41, 5.74) is 25.2. The Morgan fingerprint density at radius 2 is 0.649 bits per heavy atom. The molecular formula is C73H45N. The van der Waals surface area contributed by atoms with Gasteiger partial charge in [-0.3, -0.25) is 0 Å². The molecule has 1 nitrogen and oxygen atoms in total. The van der Waals surface area contributed by atoms with Crippen molar-refractivity contribution in [3.05, 3.63) is 305 Å². The van der Waals surface area contributed by atoms with E-state index in [1.165, 1.54) is 138 Å². The Morgan fingerprint density at radius 1 is 0.243 bits per heavy atom. The molecule has 342 valence electrons. The van der Waals surface area contributed by atoms with E-state index in [1.54, 1.807) is 0 Å². The Morgan fingerprint density at radius 3 is 1.22 bits per heavy atom. The van der Waals surface area contributed by atoms with Crippen LogP contribution in [0.3, 0.4) is 0 Å². The molecule has 74 heavy (non-hydrogen) atoms. The molecule has 0 saturated carbocycles. The van der Waals surface area contributed by atoms with Crippen LogP contribution >= 0.6 is 0 Å². The number of aryl methyl sites for hydroxylation is 1. The van der Waals surface area contributed by atoms with Crippen molar-refractivity contribution < 1.29 is 0 Å². The average Bonchev–Trinajstić information content (AvgIpc) is 4.34. The molecule has 17 rings (SSSR count). The van der Waals surface area contributed by atoms with Crippen LogP contribution in [-0.4, -0.2) is 0 Å². The van der Waals surface area contributed by atoms with Gasteiger partial charge < -0.3 is 4.90 Å². The van der Waals surface area contributed by atoms with Gasteiger partial charge in [-0.1, -0.05) is 212 Å². The fourth-order valence-corrected chi connectivity index (χ4v) is 14.8. The van der Waals surface area contributed by atoms with Crippen LogP contribution in [0, 0.1) is 6.92 Å². The highest BCUT2D eigenvalue weighted by Crippen LogP contribution is 2.67. The standard InChI is InChI=1S/C73H45N/c1-44-26-32-50(33-27-44)74(51-34-28-47-42-63-62-37-30-45-14-2-4-16-53(45)69(62)72(68(63)43-49(47)41-51)64-22-10-6-18-56(64)57-19-7-11-23-65(57)72)52-35-39-55-48(40-52)31-38-61-60-36-29-46-15-3-5-17-54(46)70(60)73(71(55)61)66-24-12-8-20-58(66)59-21-9-13-25-67(59)73/h2-43H,1H3. The van der Waals surface area contributed by atoms with Gasteiger partial charge in [-0.25, -0.2) is 0 Å². The first-order valence-corrected chi connectivity index (χ1v) is 26.1. The molecule has 0 fully saturated rings. The Labute approximate surface area is 429 Å². The van der Waals surface area contributed by atoms with Crippen LogP contribution in [0.25, 0.3) is 87.6 Å². The third-order valence-corrected chi connectivity index (χ3v) is 17.6. The second-order valence-electron chi connectivity index (χ2n) is 21.1. The Bertz CT molecular complexity index is 4520. The normalized spacial score (nSPS) is 14.2. The van der Waals surface area contributed by atoms with Crippen molar-refractivity contribution in [2.24, 2.45) is 0 Å². The largest absolute Gasteiger partial charge is 0.310 e. The molecule has 1 heteroatoms. The molecule has 2 spiro atoms. The minimum absolute atomic E-state index is 0.470. The Kier molecular flexibility index (Phi) is 7.87. The smallest absolute Gasteiger partial charge is 0.0737 e. The summed E-state index contributed by atoms with van der Waals surface area (Å²) in [5.74, 6) is 0. The summed E-state index contributed by atoms with van der Waals surface area (Å²) in [5, 5.41) is 10.1. The molecule has 0 amide bonds. The van der Waals surface area contributed by atoms with Crippen LogP contribution in [0.15, 0.2) is 255 Å². The van der Waals surface area contributed by atoms with E-state index in [9.17, 15) is 0 Å². The highest BCUT2D eigenvalue weighted by molar-refractivity contribution is 6.11. The molecule has 4 aliphatic rings. The summed E-state index contributed by atoms with van der Waals surface area (Å²) in [6.45, 7) is 2.17. The lowest BCUT2D eigenvalue weighted by molar-refractivity contribution is 0.802. The van der Waals surface area contributed by atoms with Crippen molar-refractivity contribution in [3.8, 4) is 44.5 Å². The van der Waals surface area contributed by atoms with E-state index in [1.807, 2.05) is 0 Å². The fraction of sp³-hybridized carbons (Fsp3) is 0.0411. The van der Waals surface area contributed by atoms with E-state index >= 15 is 0 Å². The van der Waals surface area contributed by atoms with E-state index in [4.69, 9.17) is 0 Å². The van der Waals surface area contributed by atoms with Gasteiger partial charge in [0.1, 0.15) is 0 Å². The van der Waals surface area contributed by atoms with E-state index in [2.05, 4.69) is 267 Å². The van der Waals surface area contributed by atoms with Crippen molar-refractivity contribution in [2.45, 2.75) is 17.8 Å². The molecule has 0 unspecified atom stereocenters. The number of rotatable bonds is 3. The van der Waals surface area contributed by atoms with Gasteiger partial charge in [-0.05, 0) is 188 Å². The zero-order valence-corrected chi connectivity index (χ0v) is 40.7. The third-order valence-electron chi connectivity index (χ3n) is 17.6. The Hall–Kier alpha value is -9.30. The van der Waals surface area contributed by atoms with Gasteiger partial charge >= 0.3 is 0 Å². The predicted octanol–water partition coefficient (Wildman–Crippen LogP) is 18.8. The molecule has 13 aromatic rings. The van der Waals surface area contributed by atoms with Crippen LogP contribution in [0.4, 0.5) is 17.1 Å². The summed E-state index contributed by atoms with van der Waals surface area (Å²) < 4.78 is 0. The van der Waals surface area contributed by atoms with Crippen LogP contribution in [0.1, 0.15) is 50.1 Å². The Balaban J connectivity index is 0.892. The van der Waals surface area contributed by atoms with Crippen LogP contribution < -0.4 is 4.90 Å². The van der Waals surface area contributed by atoms with Crippen LogP contribution in [0.2, 0.25) is 0 Å². The molecule has 0 bridgehead atoms. The van der Waals surface area contributed by atoms with Crippen molar-refractivity contribution in [3.63, 3.8) is 0 Å². The van der Waals surface area contributed by atoms with E-state index in [0.717, 1.165) is 17.1 Å². The van der Waals surface area contributed by atoms with E-state index in [-0.39, 0.29) is 0 Å². The highest BCUT2D eigenvalue weighted by Gasteiger charge is 2.54. The number of anilines is 3. The molecule has 0 heterocycles. The first-order chi connectivity index (χ1) is 36.6. The maximum atomic E-state index is 2.54. The second-order valence-corrected chi connectivity index (χ2v) is 21.1. The number of fused-ring (bicyclic) bond motifs is 27. The summed E-state index contributed by atoms with van der Waals surface area (Å²) >= 11 is 0. The lowest BCUT2D eigenvalue weighted by Crippen LogP contribution is -2.26. The maximum absolute atomic E-state index is 2.54. The lowest BCUT2D eigenvalue weighted by Gasteiger charge is -2.32. The summed E-state index contributed by atoms with van der Waals surface area (Å²) in [7, 11) is 0.